The molecular formula is C14H19BrN2S. The van der Waals surface area contributed by atoms with Crippen molar-refractivity contribution >= 4 is 32.9 Å². The summed E-state index contributed by atoms with van der Waals surface area (Å²) in [6.45, 7) is 6.59. The maximum atomic E-state index is 4.79. The summed E-state index contributed by atoms with van der Waals surface area (Å²) < 4.78 is 1.11. The summed E-state index contributed by atoms with van der Waals surface area (Å²) in [6, 6.07) is 8.54. The van der Waals surface area contributed by atoms with Gasteiger partial charge in [-0.25, -0.2) is 0 Å². The third-order valence-corrected chi connectivity index (χ3v) is 4.44. The highest BCUT2D eigenvalue weighted by Gasteiger charge is 2.24. The Hall–Kier alpha value is -0.480. The molecule has 1 aromatic carbocycles. The molecule has 0 spiro atoms. The van der Waals surface area contributed by atoms with Gasteiger partial charge in [-0.2, -0.15) is 0 Å². The summed E-state index contributed by atoms with van der Waals surface area (Å²) in [6.07, 6.45) is 1.18. The first-order valence-corrected chi connectivity index (χ1v) is 7.98. The standard InChI is InChI=1S/C14H19BrN2S/c1-10(11-5-4-6-12(15)9-11)16-13-17-14(2,3)7-8-18-13/h4-6,9-10H,7-8H2,1-3H3,(H,16,17). The monoisotopic (exact) mass is 326 g/mol. The molecule has 1 atom stereocenters. The number of hydrogen-bond donors (Lipinski definition) is 1. The Morgan fingerprint density at radius 1 is 1.44 bits per heavy atom. The van der Waals surface area contributed by atoms with E-state index in [1.807, 2.05) is 17.8 Å². The lowest BCUT2D eigenvalue weighted by molar-refractivity contribution is 0.445. The van der Waals surface area contributed by atoms with Crippen LogP contribution in [0, 0.1) is 0 Å². The van der Waals surface area contributed by atoms with Gasteiger partial charge in [0.1, 0.15) is 0 Å². The number of amidine groups is 1. The normalized spacial score (nSPS) is 22.6. The Balaban J connectivity index is 2.12. The van der Waals surface area contributed by atoms with E-state index in [4.69, 9.17) is 4.99 Å². The van der Waals surface area contributed by atoms with Crippen LogP contribution in [0.5, 0.6) is 0 Å². The maximum Gasteiger partial charge on any atom is 0.157 e. The molecule has 1 heterocycles. The number of benzene rings is 1. The highest BCUT2D eigenvalue weighted by Crippen LogP contribution is 2.26. The van der Waals surface area contributed by atoms with Crippen LogP contribution in [0.3, 0.4) is 0 Å². The van der Waals surface area contributed by atoms with Crippen LogP contribution in [-0.4, -0.2) is 16.5 Å². The van der Waals surface area contributed by atoms with Gasteiger partial charge in [-0.1, -0.05) is 39.8 Å². The van der Waals surface area contributed by atoms with E-state index in [9.17, 15) is 0 Å². The Morgan fingerprint density at radius 3 is 2.89 bits per heavy atom. The van der Waals surface area contributed by atoms with Gasteiger partial charge < -0.3 is 5.32 Å². The second-order valence-corrected chi connectivity index (χ2v) is 7.27. The van der Waals surface area contributed by atoms with Gasteiger partial charge >= 0.3 is 0 Å². The van der Waals surface area contributed by atoms with Gasteiger partial charge in [0.25, 0.3) is 0 Å². The summed E-state index contributed by atoms with van der Waals surface area (Å²) >= 11 is 5.32. The molecular weight excluding hydrogens is 308 g/mol. The highest BCUT2D eigenvalue weighted by atomic mass is 79.9. The predicted octanol–water partition coefficient (Wildman–Crippen LogP) is 4.37. The molecule has 0 saturated carbocycles. The number of halogens is 1. The van der Waals surface area contributed by atoms with E-state index in [0.29, 0.717) is 0 Å². The van der Waals surface area contributed by atoms with Crippen LogP contribution in [0.1, 0.15) is 38.8 Å². The van der Waals surface area contributed by atoms with Gasteiger partial charge in [0.05, 0.1) is 6.04 Å². The number of thioether (sulfide) groups is 1. The molecule has 0 aliphatic carbocycles. The average Bonchev–Trinajstić information content (AvgIpc) is 2.27. The summed E-state index contributed by atoms with van der Waals surface area (Å²) in [5.41, 5.74) is 1.41. The largest absolute Gasteiger partial charge is 0.360 e. The molecule has 4 heteroatoms. The number of nitrogens with zero attached hydrogens (tertiary/aromatic N) is 1. The number of hydrogen-bond acceptors (Lipinski definition) is 2. The average molecular weight is 327 g/mol. The maximum absolute atomic E-state index is 4.79. The third kappa shape index (κ3) is 3.75. The number of nitrogens with one attached hydrogen (secondary N) is 1. The van der Waals surface area contributed by atoms with Gasteiger partial charge in [0.15, 0.2) is 5.17 Å². The molecule has 18 heavy (non-hydrogen) atoms. The Labute approximate surface area is 122 Å². The van der Waals surface area contributed by atoms with Crippen molar-refractivity contribution in [2.75, 3.05) is 5.75 Å². The van der Waals surface area contributed by atoms with Crippen molar-refractivity contribution in [3.8, 4) is 0 Å². The van der Waals surface area contributed by atoms with Gasteiger partial charge in [-0.05, 0) is 44.9 Å². The molecule has 0 aromatic heterocycles. The smallest absolute Gasteiger partial charge is 0.157 e. The Morgan fingerprint density at radius 2 is 2.22 bits per heavy atom. The topological polar surface area (TPSA) is 24.4 Å². The predicted molar refractivity (Wildman–Crippen MR) is 84.3 cm³/mol. The van der Waals surface area contributed by atoms with Crippen molar-refractivity contribution in [3.63, 3.8) is 0 Å². The van der Waals surface area contributed by atoms with Crippen molar-refractivity contribution in [2.24, 2.45) is 4.99 Å². The van der Waals surface area contributed by atoms with Gasteiger partial charge in [0, 0.05) is 15.8 Å². The van der Waals surface area contributed by atoms with Crippen molar-refractivity contribution in [1.29, 1.82) is 0 Å². The Kier molecular flexibility index (Phi) is 4.38. The second kappa shape index (κ2) is 5.66. The lowest BCUT2D eigenvalue weighted by atomic mass is 10.0. The minimum Gasteiger partial charge on any atom is -0.360 e. The fourth-order valence-electron chi connectivity index (χ4n) is 1.88. The van der Waals surface area contributed by atoms with E-state index >= 15 is 0 Å². The number of aliphatic imine (C=N–C) groups is 1. The van der Waals surface area contributed by atoms with Crippen LogP contribution >= 0.6 is 27.7 Å². The zero-order valence-electron chi connectivity index (χ0n) is 11.0. The van der Waals surface area contributed by atoms with Crippen molar-refractivity contribution in [1.82, 2.24) is 5.32 Å². The van der Waals surface area contributed by atoms with Gasteiger partial charge in [-0.3, -0.25) is 4.99 Å². The molecule has 1 fully saturated rings. The molecule has 1 aromatic rings. The molecule has 1 aliphatic heterocycles. The number of rotatable bonds is 2. The molecule has 1 N–H and O–H groups in total. The van der Waals surface area contributed by atoms with Gasteiger partial charge in [-0.15, -0.1) is 0 Å². The van der Waals surface area contributed by atoms with Gasteiger partial charge in [0.2, 0.25) is 0 Å². The van der Waals surface area contributed by atoms with E-state index in [0.717, 1.165) is 15.4 Å². The van der Waals surface area contributed by atoms with E-state index < -0.39 is 0 Å². The molecule has 98 valence electrons. The summed E-state index contributed by atoms with van der Waals surface area (Å²) in [5.74, 6) is 1.14. The zero-order chi connectivity index (χ0) is 13.2. The minimum atomic E-state index is 0.168. The molecule has 1 saturated heterocycles. The van der Waals surface area contributed by atoms with Crippen LogP contribution < -0.4 is 5.32 Å². The van der Waals surface area contributed by atoms with E-state index in [2.05, 4.69) is 60.2 Å². The zero-order valence-corrected chi connectivity index (χ0v) is 13.4. The minimum absolute atomic E-state index is 0.168. The summed E-state index contributed by atoms with van der Waals surface area (Å²) in [5, 5.41) is 4.58. The van der Waals surface area contributed by atoms with Crippen LogP contribution in [0.2, 0.25) is 0 Å². The van der Waals surface area contributed by atoms with Crippen molar-refractivity contribution < 1.29 is 0 Å². The first kappa shape index (κ1) is 13.9. The van der Waals surface area contributed by atoms with E-state index in [-0.39, 0.29) is 11.6 Å². The third-order valence-electron chi connectivity index (χ3n) is 3.05. The fraction of sp³-hybridized carbons (Fsp3) is 0.500. The lowest BCUT2D eigenvalue weighted by Gasteiger charge is -2.32. The van der Waals surface area contributed by atoms with Crippen molar-refractivity contribution in [3.05, 3.63) is 34.3 Å². The molecule has 1 aliphatic rings. The van der Waals surface area contributed by atoms with Crippen LogP contribution in [0.25, 0.3) is 0 Å². The first-order chi connectivity index (χ1) is 8.46. The van der Waals surface area contributed by atoms with Crippen LogP contribution in [-0.2, 0) is 0 Å². The molecule has 1 unspecified atom stereocenters. The second-order valence-electron chi connectivity index (χ2n) is 5.27. The molecule has 2 rings (SSSR count). The van der Waals surface area contributed by atoms with Crippen LogP contribution in [0.4, 0.5) is 0 Å². The van der Waals surface area contributed by atoms with E-state index in [1.165, 1.54) is 12.0 Å². The Bertz CT molecular complexity index is 457. The summed E-state index contributed by atoms with van der Waals surface area (Å²) in [4.78, 5) is 4.79. The van der Waals surface area contributed by atoms with Crippen molar-refractivity contribution in [2.45, 2.75) is 38.8 Å². The molecule has 0 amide bonds. The quantitative estimate of drug-likeness (QED) is 0.872. The lowest BCUT2D eigenvalue weighted by Crippen LogP contribution is -2.46. The highest BCUT2D eigenvalue weighted by molar-refractivity contribution is 9.10. The summed E-state index contributed by atoms with van der Waals surface area (Å²) in [7, 11) is 0. The first-order valence-electron chi connectivity index (χ1n) is 6.20. The molecule has 0 radical (unpaired) electrons. The molecule has 2 nitrogen and oxygen atoms in total. The fourth-order valence-corrected chi connectivity index (χ4v) is 3.68. The SMILES string of the molecule is CC(N=C1NC(C)(C)CCS1)c1cccc(Br)c1. The molecule has 0 bridgehead atoms. The van der Waals surface area contributed by atoms with E-state index in [1.54, 1.807) is 0 Å². The van der Waals surface area contributed by atoms with Crippen LogP contribution in [0.15, 0.2) is 33.7 Å².